The molecule has 1 atom stereocenters. The van der Waals surface area contributed by atoms with Crippen LogP contribution < -0.4 is 14.8 Å². The van der Waals surface area contributed by atoms with Crippen LogP contribution in [-0.2, 0) is 22.6 Å². The second-order valence-corrected chi connectivity index (χ2v) is 7.24. The molecule has 0 bridgehead atoms. The molecule has 4 rings (SSSR count). The first-order valence-electron chi connectivity index (χ1n) is 10.2. The van der Waals surface area contributed by atoms with E-state index in [1.54, 1.807) is 6.07 Å². The molecule has 1 unspecified atom stereocenters. The van der Waals surface area contributed by atoms with Crippen molar-refractivity contribution < 1.29 is 34.2 Å². The van der Waals surface area contributed by atoms with E-state index in [0.717, 1.165) is 12.0 Å². The number of ether oxygens (including phenoxy) is 2. The Labute approximate surface area is 194 Å². The number of carbonyl (C=O) groups is 2. The molecule has 0 aliphatic carbocycles. The van der Waals surface area contributed by atoms with E-state index in [9.17, 15) is 10.1 Å². The fourth-order valence-corrected chi connectivity index (χ4v) is 3.36. The highest BCUT2D eigenvalue weighted by Crippen LogP contribution is 2.38. The topological polar surface area (TPSA) is 148 Å². The maximum absolute atomic E-state index is 11.5. The Kier molecular flexibility index (Phi) is 8.14. The standard InChI is InChI=1S/C22H20N2O4.C2H2O4/c25-24(26)20-13-22-21(27-15-28-22)12-18(20)14-23-19(17-9-5-2-6-10-17)11-16-7-3-1-4-8-16;3-1(4)2(5)6/h1-10,12-13,19,23H,11,14-15H2;(H,3,4)(H,5,6). The molecule has 0 radical (unpaired) electrons. The number of carboxylic acid groups (broad SMARTS) is 2. The number of benzene rings is 3. The van der Waals surface area contributed by atoms with Gasteiger partial charge in [0, 0.05) is 18.2 Å². The molecule has 0 fully saturated rings. The Morgan fingerprint density at radius 3 is 2.06 bits per heavy atom. The average molecular weight is 466 g/mol. The van der Waals surface area contributed by atoms with Gasteiger partial charge >= 0.3 is 11.9 Å². The minimum Gasteiger partial charge on any atom is -0.473 e. The lowest BCUT2D eigenvalue weighted by molar-refractivity contribution is -0.385. The predicted octanol–water partition coefficient (Wildman–Crippen LogP) is 3.55. The van der Waals surface area contributed by atoms with Gasteiger partial charge in [0.1, 0.15) is 0 Å². The van der Waals surface area contributed by atoms with Crippen LogP contribution in [0.2, 0.25) is 0 Å². The Balaban J connectivity index is 0.000000481. The minimum atomic E-state index is -1.82. The van der Waals surface area contributed by atoms with Crippen LogP contribution in [0, 0.1) is 10.1 Å². The lowest BCUT2D eigenvalue weighted by Gasteiger charge is -2.20. The van der Waals surface area contributed by atoms with Crippen molar-refractivity contribution in [3.8, 4) is 11.5 Å². The van der Waals surface area contributed by atoms with Crippen molar-refractivity contribution in [3.63, 3.8) is 0 Å². The van der Waals surface area contributed by atoms with Gasteiger partial charge in [-0.2, -0.15) is 0 Å². The number of fused-ring (bicyclic) bond motifs is 1. The molecule has 34 heavy (non-hydrogen) atoms. The zero-order valence-corrected chi connectivity index (χ0v) is 17.9. The number of hydrogen-bond donors (Lipinski definition) is 3. The molecule has 1 heterocycles. The van der Waals surface area contributed by atoms with Gasteiger partial charge in [0.25, 0.3) is 5.69 Å². The number of hydrogen-bond acceptors (Lipinski definition) is 7. The van der Waals surface area contributed by atoms with E-state index in [1.165, 1.54) is 11.6 Å². The fourth-order valence-electron chi connectivity index (χ4n) is 3.36. The van der Waals surface area contributed by atoms with Crippen LogP contribution in [0.15, 0.2) is 72.8 Å². The smallest absolute Gasteiger partial charge is 0.414 e. The SMILES string of the molecule is O=C(O)C(=O)O.O=[N+]([O-])c1cc2c(cc1CNC(Cc1ccccc1)c1ccccc1)OCO2. The third kappa shape index (κ3) is 6.53. The fraction of sp³-hybridized carbons (Fsp3) is 0.167. The molecule has 10 nitrogen and oxygen atoms in total. The van der Waals surface area contributed by atoms with Gasteiger partial charge in [0.2, 0.25) is 6.79 Å². The van der Waals surface area contributed by atoms with E-state index >= 15 is 0 Å². The zero-order chi connectivity index (χ0) is 24.5. The third-order valence-electron chi connectivity index (χ3n) is 4.98. The molecule has 0 spiro atoms. The van der Waals surface area contributed by atoms with E-state index < -0.39 is 11.9 Å². The Bertz CT molecular complexity index is 1140. The molecule has 3 aromatic rings. The van der Waals surface area contributed by atoms with E-state index in [4.69, 9.17) is 29.3 Å². The molecule has 3 N–H and O–H groups in total. The molecule has 1 aliphatic heterocycles. The number of rotatable bonds is 7. The minimum absolute atomic E-state index is 0.0219. The van der Waals surface area contributed by atoms with Crippen LogP contribution in [0.25, 0.3) is 0 Å². The van der Waals surface area contributed by atoms with Gasteiger partial charge in [0.15, 0.2) is 11.5 Å². The summed E-state index contributed by atoms with van der Waals surface area (Å²) in [6.45, 7) is 0.434. The van der Waals surface area contributed by atoms with Gasteiger partial charge in [-0.15, -0.1) is 0 Å². The largest absolute Gasteiger partial charge is 0.473 e. The highest BCUT2D eigenvalue weighted by molar-refractivity contribution is 6.27. The van der Waals surface area contributed by atoms with E-state index in [0.29, 0.717) is 23.6 Å². The highest BCUT2D eigenvalue weighted by atomic mass is 16.7. The number of aliphatic carboxylic acids is 2. The first-order valence-corrected chi connectivity index (χ1v) is 10.2. The lowest BCUT2D eigenvalue weighted by Crippen LogP contribution is -2.23. The summed E-state index contributed by atoms with van der Waals surface area (Å²) >= 11 is 0. The molecule has 0 amide bonds. The molecular weight excluding hydrogens is 444 g/mol. The van der Waals surface area contributed by atoms with Crippen molar-refractivity contribution in [3.05, 3.63) is 99.6 Å². The highest BCUT2D eigenvalue weighted by Gasteiger charge is 2.24. The first kappa shape index (κ1) is 24.2. The average Bonchev–Trinajstić information content (AvgIpc) is 3.30. The number of nitro benzene ring substituents is 1. The summed E-state index contributed by atoms with van der Waals surface area (Å²) in [6, 6.07) is 23.4. The first-order chi connectivity index (χ1) is 16.3. The van der Waals surface area contributed by atoms with E-state index in [1.807, 2.05) is 36.4 Å². The second kappa shape index (κ2) is 11.4. The Hall–Kier alpha value is -4.44. The zero-order valence-electron chi connectivity index (χ0n) is 17.9. The van der Waals surface area contributed by atoms with Crippen molar-refractivity contribution in [2.24, 2.45) is 0 Å². The summed E-state index contributed by atoms with van der Waals surface area (Å²) in [5, 5.41) is 29.8. The molecule has 3 aromatic carbocycles. The summed E-state index contributed by atoms with van der Waals surface area (Å²) in [6.07, 6.45) is 0.781. The van der Waals surface area contributed by atoms with Crippen molar-refractivity contribution in [1.82, 2.24) is 5.32 Å². The molecule has 0 saturated carbocycles. The lowest BCUT2D eigenvalue weighted by atomic mass is 9.98. The molecule has 176 valence electrons. The number of carboxylic acids is 2. The molecule has 0 aromatic heterocycles. The number of nitro groups is 1. The van der Waals surface area contributed by atoms with Crippen LogP contribution >= 0.6 is 0 Å². The quantitative estimate of drug-likeness (QED) is 0.270. The maximum Gasteiger partial charge on any atom is 0.414 e. The van der Waals surface area contributed by atoms with Crippen molar-refractivity contribution in [1.29, 1.82) is 0 Å². The van der Waals surface area contributed by atoms with Gasteiger partial charge in [-0.25, -0.2) is 9.59 Å². The van der Waals surface area contributed by atoms with Crippen LogP contribution in [0.3, 0.4) is 0 Å². The summed E-state index contributed by atoms with van der Waals surface area (Å²) < 4.78 is 10.7. The summed E-state index contributed by atoms with van der Waals surface area (Å²) in [5.41, 5.74) is 2.94. The predicted molar refractivity (Wildman–Crippen MR) is 121 cm³/mol. The normalized spacial score (nSPS) is 12.2. The van der Waals surface area contributed by atoms with Gasteiger partial charge in [-0.05, 0) is 23.6 Å². The number of nitrogens with zero attached hydrogens (tertiary/aromatic N) is 1. The van der Waals surface area contributed by atoms with Crippen LogP contribution in [0.5, 0.6) is 11.5 Å². The van der Waals surface area contributed by atoms with Crippen molar-refractivity contribution in [2.75, 3.05) is 6.79 Å². The van der Waals surface area contributed by atoms with Crippen LogP contribution in [-0.4, -0.2) is 33.9 Å². The van der Waals surface area contributed by atoms with Crippen molar-refractivity contribution >= 4 is 17.6 Å². The van der Waals surface area contributed by atoms with Crippen molar-refractivity contribution in [2.45, 2.75) is 19.0 Å². The van der Waals surface area contributed by atoms with E-state index in [-0.39, 0.29) is 23.4 Å². The monoisotopic (exact) mass is 466 g/mol. The Morgan fingerprint density at radius 2 is 1.50 bits per heavy atom. The molecule has 1 aliphatic rings. The summed E-state index contributed by atoms with van der Waals surface area (Å²) in [5.74, 6) is -2.69. The number of nitrogens with one attached hydrogen (secondary N) is 1. The maximum atomic E-state index is 11.5. The molecule has 10 heteroatoms. The summed E-state index contributed by atoms with van der Waals surface area (Å²) in [4.78, 5) is 29.3. The van der Waals surface area contributed by atoms with Gasteiger partial charge in [0.05, 0.1) is 11.0 Å². The van der Waals surface area contributed by atoms with Crippen LogP contribution in [0.1, 0.15) is 22.7 Å². The summed E-state index contributed by atoms with van der Waals surface area (Å²) in [7, 11) is 0. The van der Waals surface area contributed by atoms with Crippen LogP contribution in [0.4, 0.5) is 5.69 Å². The Morgan fingerprint density at radius 1 is 0.941 bits per heavy atom. The van der Waals surface area contributed by atoms with E-state index in [2.05, 4.69) is 29.6 Å². The third-order valence-corrected chi connectivity index (χ3v) is 4.98. The van der Waals surface area contributed by atoms with Gasteiger partial charge < -0.3 is 25.0 Å². The second-order valence-electron chi connectivity index (χ2n) is 7.24. The molecular formula is C24H22N2O8. The van der Waals surface area contributed by atoms with Gasteiger partial charge in [-0.3, -0.25) is 10.1 Å². The van der Waals surface area contributed by atoms with Gasteiger partial charge in [-0.1, -0.05) is 60.7 Å². The molecule has 0 saturated heterocycles.